The third kappa shape index (κ3) is 3.07. The van der Waals surface area contributed by atoms with Crippen molar-refractivity contribution in [3.05, 3.63) is 51.7 Å². The van der Waals surface area contributed by atoms with Crippen LogP contribution in [-0.2, 0) is 6.61 Å². The Labute approximate surface area is 186 Å². The van der Waals surface area contributed by atoms with E-state index in [1.165, 1.54) is 0 Å². The minimum atomic E-state index is -0.115. The summed E-state index contributed by atoms with van der Waals surface area (Å²) in [7, 11) is 2.12. The first kappa shape index (κ1) is 20.6. The smallest absolute Gasteiger partial charge is 0.199 e. The molecule has 0 aliphatic carbocycles. The molecule has 7 heteroatoms. The normalized spacial score (nSPS) is 15.3. The Hall–Kier alpha value is -3.34. The summed E-state index contributed by atoms with van der Waals surface area (Å²) in [6.45, 7) is 7.77. The molecule has 1 saturated heterocycles. The van der Waals surface area contributed by atoms with Gasteiger partial charge in [-0.25, -0.2) is 0 Å². The monoisotopic (exact) mass is 429 g/mol. The number of likely N-dealkylation sites (N-methyl/N-ethyl adjacent to an activating group) is 1. The molecule has 2 aromatic carbocycles. The van der Waals surface area contributed by atoms with Gasteiger partial charge in [0.1, 0.15) is 5.65 Å². The van der Waals surface area contributed by atoms with Crippen molar-refractivity contribution in [2.75, 3.05) is 38.1 Å². The van der Waals surface area contributed by atoms with Crippen LogP contribution in [0.15, 0.2) is 35.1 Å². The van der Waals surface area contributed by atoms with Crippen LogP contribution < -0.4 is 10.3 Å². The quantitative estimate of drug-likeness (QED) is 0.522. The standard InChI is InChI=1S/C25H27N5O2/c1-15(2)30-22-12-21(29-8-6-28(3)7-9-29)17(14-31)11-19(22)24(32)23-18-5-4-16(13-26)10-20(18)27-25(23)30/h4-5,10-12,15,27,31H,6-9,14H2,1-3H3. The van der Waals surface area contributed by atoms with Crippen LogP contribution in [-0.4, -0.2) is 52.8 Å². The molecule has 1 fully saturated rings. The average molecular weight is 430 g/mol. The first-order valence-corrected chi connectivity index (χ1v) is 11.0. The van der Waals surface area contributed by atoms with Gasteiger partial charge in [-0.15, -0.1) is 0 Å². The molecule has 0 spiro atoms. The lowest BCUT2D eigenvalue weighted by molar-refractivity contribution is 0.280. The number of nitriles is 1. The Morgan fingerprint density at radius 2 is 1.88 bits per heavy atom. The average Bonchev–Trinajstić information content (AvgIpc) is 3.17. The topological polar surface area (TPSA) is 88.3 Å². The molecule has 1 aliphatic rings. The number of nitrogens with zero attached hydrogens (tertiary/aromatic N) is 4. The van der Waals surface area contributed by atoms with Crippen LogP contribution in [0.2, 0.25) is 0 Å². The second-order valence-corrected chi connectivity index (χ2v) is 8.96. The summed E-state index contributed by atoms with van der Waals surface area (Å²) < 4.78 is 2.17. The minimum Gasteiger partial charge on any atom is -0.392 e. The highest BCUT2D eigenvalue weighted by Crippen LogP contribution is 2.33. The molecule has 4 aromatic rings. The van der Waals surface area contributed by atoms with E-state index in [1.807, 2.05) is 12.1 Å². The molecule has 1 aliphatic heterocycles. The van der Waals surface area contributed by atoms with Gasteiger partial charge in [0, 0.05) is 59.8 Å². The van der Waals surface area contributed by atoms with Crippen molar-refractivity contribution in [2.24, 2.45) is 0 Å². The Morgan fingerprint density at radius 1 is 1.12 bits per heavy atom. The zero-order valence-electron chi connectivity index (χ0n) is 18.6. The highest BCUT2D eigenvalue weighted by atomic mass is 16.3. The number of aromatic amines is 1. The molecule has 0 saturated carbocycles. The number of pyridine rings is 1. The maximum atomic E-state index is 13.7. The molecule has 7 nitrogen and oxygen atoms in total. The summed E-state index contributed by atoms with van der Waals surface area (Å²) in [6, 6.07) is 11.6. The number of piperazine rings is 1. The number of aromatic nitrogens is 2. The molecule has 3 heterocycles. The van der Waals surface area contributed by atoms with Crippen LogP contribution >= 0.6 is 0 Å². The molecule has 0 atom stereocenters. The predicted octanol–water partition coefficient (Wildman–Crippen LogP) is 3.33. The van der Waals surface area contributed by atoms with Crippen LogP contribution in [0.1, 0.15) is 31.0 Å². The van der Waals surface area contributed by atoms with Gasteiger partial charge in [0.15, 0.2) is 5.43 Å². The fourth-order valence-corrected chi connectivity index (χ4v) is 4.93. The summed E-state index contributed by atoms with van der Waals surface area (Å²) in [6.07, 6.45) is 0. The highest BCUT2D eigenvalue weighted by Gasteiger charge is 2.22. The number of benzene rings is 2. The van der Waals surface area contributed by atoms with Gasteiger partial charge in [-0.05, 0) is 45.2 Å². The first-order chi connectivity index (χ1) is 15.4. The summed E-state index contributed by atoms with van der Waals surface area (Å²) in [5.41, 5.74) is 4.67. The van der Waals surface area contributed by atoms with E-state index in [4.69, 9.17) is 0 Å². The Kier molecular flexibility index (Phi) is 4.92. The van der Waals surface area contributed by atoms with Crippen LogP contribution in [0.3, 0.4) is 0 Å². The third-order valence-corrected chi connectivity index (χ3v) is 6.61. The van der Waals surface area contributed by atoms with Crippen LogP contribution in [0, 0.1) is 11.3 Å². The fraction of sp³-hybridized carbons (Fsp3) is 0.360. The summed E-state index contributed by atoms with van der Waals surface area (Å²) in [5.74, 6) is 0. The molecule has 0 radical (unpaired) electrons. The van der Waals surface area contributed by atoms with Gasteiger partial charge in [-0.1, -0.05) is 6.07 Å². The SMILES string of the molecule is CC(C)n1c2cc(N3CCN(C)CC3)c(CO)cc2c(=O)c2c3ccc(C#N)cc3[nH]c21. The highest BCUT2D eigenvalue weighted by molar-refractivity contribution is 6.10. The number of nitrogens with one attached hydrogen (secondary N) is 1. The van der Waals surface area contributed by atoms with Gasteiger partial charge in [0.05, 0.1) is 29.1 Å². The number of hydrogen-bond acceptors (Lipinski definition) is 5. The molecule has 2 aromatic heterocycles. The van der Waals surface area contributed by atoms with Crippen molar-refractivity contribution in [1.82, 2.24) is 14.5 Å². The number of anilines is 1. The Bertz CT molecular complexity index is 1450. The zero-order chi connectivity index (χ0) is 22.6. The number of rotatable bonds is 3. The Morgan fingerprint density at radius 3 is 2.53 bits per heavy atom. The molecule has 0 unspecified atom stereocenters. The Balaban J connectivity index is 1.86. The minimum absolute atomic E-state index is 0.0533. The van der Waals surface area contributed by atoms with E-state index in [1.54, 1.807) is 12.1 Å². The van der Waals surface area contributed by atoms with Crippen molar-refractivity contribution < 1.29 is 5.11 Å². The molecule has 32 heavy (non-hydrogen) atoms. The van der Waals surface area contributed by atoms with Crippen molar-refractivity contribution in [1.29, 1.82) is 5.26 Å². The van der Waals surface area contributed by atoms with Gasteiger partial charge in [-0.3, -0.25) is 4.79 Å². The van der Waals surface area contributed by atoms with Crippen molar-refractivity contribution in [2.45, 2.75) is 26.5 Å². The predicted molar refractivity (Wildman–Crippen MR) is 128 cm³/mol. The molecule has 5 rings (SSSR count). The second kappa shape index (κ2) is 7.66. The zero-order valence-corrected chi connectivity index (χ0v) is 18.6. The van der Waals surface area contributed by atoms with Gasteiger partial charge in [0.25, 0.3) is 0 Å². The van der Waals surface area contributed by atoms with Crippen molar-refractivity contribution in [3.8, 4) is 6.07 Å². The maximum Gasteiger partial charge on any atom is 0.199 e. The van der Waals surface area contributed by atoms with Crippen LogP contribution in [0.4, 0.5) is 5.69 Å². The number of aliphatic hydroxyl groups excluding tert-OH is 1. The van der Waals surface area contributed by atoms with Gasteiger partial charge in [-0.2, -0.15) is 5.26 Å². The third-order valence-electron chi connectivity index (χ3n) is 6.61. The van der Waals surface area contributed by atoms with E-state index in [2.05, 4.69) is 52.4 Å². The summed E-state index contributed by atoms with van der Waals surface area (Å²) in [5, 5.41) is 21.5. The molecular weight excluding hydrogens is 402 g/mol. The van der Waals surface area contributed by atoms with Gasteiger partial charge >= 0.3 is 0 Å². The van der Waals surface area contributed by atoms with Crippen molar-refractivity contribution in [3.63, 3.8) is 0 Å². The fourth-order valence-electron chi connectivity index (χ4n) is 4.93. The summed E-state index contributed by atoms with van der Waals surface area (Å²) in [4.78, 5) is 21.7. The van der Waals surface area contributed by atoms with Gasteiger partial charge < -0.3 is 24.5 Å². The van der Waals surface area contributed by atoms with E-state index in [0.29, 0.717) is 16.3 Å². The summed E-state index contributed by atoms with van der Waals surface area (Å²) >= 11 is 0. The number of hydrogen-bond donors (Lipinski definition) is 2. The van der Waals surface area contributed by atoms with E-state index in [-0.39, 0.29) is 18.1 Å². The molecule has 164 valence electrons. The van der Waals surface area contributed by atoms with Crippen LogP contribution in [0.5, 0.6) is 0 Å². The van der Waals surface area contributed by atoms with E-state index in [9.17, 15) is 15.2 Å². The van der Waals surface area contributed by atoms with E-state index < -0.39 is 0 Å². The van der Waals surface area contributed by atoms with Crippen LogP contribution in [0.25, 0.3) is 32.8 Å². The molecule has 0 amide bonds. The first-order valence-electron chi connectivity index (χ1n) is 11.0. The van der Waals surface area contributed by atoms with E-state index >= 15 is 0 Å². The number of aliphatic hydroxyl groups is 1. The van der Waals surface area contributed by atoms with E-state index in [0.717, 1.165) is 59.5 Å². The largest absolute Gasteiger partial charge is 0.392 e. The second-order valence-electron chi connectivity index (χ2n) is 8.96. The molecular formula is C25H27N5O2. The maximum absolute atomic E-state index is 13.7. The molecule has 2 N–H and O–H groups in total. The van der Waals surface area contributed by atoms with Gasteiger partial charge in [0.2, 0.25) is 0 Å². The lowest BCUT2D eigenvalue weighted by Gasteiger charge is -2.35. The molecule has 0 bridgehead atoms. The number of fused-ring (bicyclic) bond motifs is 4. The lowest BCUT2D eigenvalue weighted by atomic mass is 10.0. The number of H-pyrrole nitrogens is 1. The lowest BCUT2D eigenvalue weighted by Crippen LogP contribution is -2.44. The van der Waals surface area contributed by atoms with Crippen molar-refractivity contribution >= 4 is 38.5 Å².